The van der Waals surface area contributed by atoms with Crippen molar-refractivity contribution >= 4 is 5.91 Å². The highest BCUT2D eigenvalue weighted by atomic mass is 16.5. The minimum atomic E-state index is -0.887. The number of nitrogens with zero attached hydrogens (tertiary/aromatic N) is 2. The maximum absolute atomic E-state index is 12.2. The van der Waals surface area contributed by atoms with Crippen LogP contribution in [0.2, 0.25) is 0 Å². The molecule has 2 N–H and O–H groups in total. The van der Waals surface area contributed by atoms with Crippen LogP contribution in [-0.2, 0) is 9.53 Å². The Hall–Kier alpha value is -2.09. The van der Waals surface area contributed by atoms with Gasteiger partial charge in [0.05, 0.1) is 19.3 Å². The van der Waals surface area contributed by atoms with Crippen molar-refractivity contribution in [3.05, 3.63) is 26.9 Å². The third-order valence-electron chi connectivity index (χ3n) is 3.02. The van der Waals surface area contributed by atoms with Gasteiger partial charge in [-0.05, 0) is 6.92 Å². The van der Waals surface area contributed by atoms with E-state index in [-0.39, 0.29) is 5.91 Å². The van der Waals surface area contributed by atoms with Crippen molar-refractivity contribution in [2.45, 2.75) is 13.0 Å². The molecule has 0 bridgehead atoms. The molecule has 8 heteroatoms. The fourth-order valence-electron chi connectivity index (χ4n) is 2.03. The van der Waals surface area contributed by atoms with Crippen molar-refractivity contribution in [2.75, 3.05) is 26.3 Å². The molecule has 1 atom stereocenters. The average molecular weight is 269 g/mol. The first-order valence-corrected chi connectivity index (χ1v) is 5.92. The standard InChI is InChI=1S/C11H15N3O5/c1-7(10(17)13-2-4-19-5-3-13)14-9(16)6-8(15)12-11(14)18/h6-7,16H,2-5H2,1H3,(H,12,15,18). The first-order chi connectivity index (χ1) is 9.00. The van der Waals surface area contributed by atoms with Crippen molar-refractivity contribution in [3.63, 3.8) is 0 Å². The lowest BCUT2D eigenvalue weighted by molar-refractivity contribution is -0.138. The van der Waals surface area contributed by atoms with Gasteiger partial charge in [0, 0.05) is 13.1 Å². The molecule has 0 radical (unpaired) electrons. The average Bonchev–Trinajstić information content (AvgIpc) is 2.37. The molecule has 19 heavy (non-hydrogen) atoms. The summed E-state index contributed by atoms with van der Waals surface area (Å²) < 4.78 is 6.00. The molecule has 1 aliphatic rings. The number of ether oxygens (including phenoxy) is 1. The quantitative estimate of drug-likeness (QED) is 0.691. The number of nitrogens with one attached hydrogen (secondary N) is 1. The Morgan fingerprint density at radius 1 is 1.42 bits per heavy atom. The van der Waals surface area contributed by atoms with Crippen LogP contribution in [0.15, 0.2) is 15.7 Å². The lowest BCUT2D eigenvalue weighted by atomic mass is 10.2. The van der Waals surface area contributed by atoms with Gasteiger partial charge in [0.2, 0.25) is 11.8 Å². The van der Waals surface area contributed by atoms with Crippen LogP contribution in [0.4, 0.5) is 0 Å². The molecule has 0 aliphatic carbocycles. The van der Waals surface area contributed by atoms with Gasteiger partial charge in [0.25, 0.3) is 5.56 Å². The molecular weight excluding hydrogens is 254 g/mol. The Morgan fingerprint density at radius 3 is 2.63 bits per heavy atom. The predicted molar refractivity (Wildman–Crippen MR) is 65.1 cm³/mol. The second-order valence-corrected chi connectivity index (χ2v) is 4.28. The van der Waals surface area contributed by atoms with Crippen LogP contribution >= 0.6 is 0 Å². The first-order valence-electron chi connectivity index (χ1n) is 5.92. The van der Waals surface area contributed by atoms with E-state index in [0.717, 1.165) is 10.6 Å². The summed E-state index contributed by atoms with van der Waals surface area (Å²) in [6, 6.07) is -0.0211. The largest absolute Gasteiger partial charge is 0.494 e. The Balaban J connectivity index is 2.28. The maximum Gasteiger partial charge on any atom is 0.331 e. The highest BCUT2D eigenvalue weighted by molar-refractivity contribution is 5.80. The molecule has 1 saturated heterocycles. The second-order valence-electron chi connectivity index (χ2n) is 4.28. The van der Waals surface area contributed by atoms with E-state index in [1.807, 2.05) is 4.98 Å². The predicted octanol–water partition coefficient (Wildman–Crippen LogP) is -1.34. The van der Waals surface area contributed by atoms with Gasteiger partial charge < -0.3 is 14.7 Å². The van der Waals surface area contributed by atoms with E-state index in [4.69, 9.17) is 4.74 Å². The van der Waals surface area contributed by atoms with Crippen molar-refractivity contribution in [2.24, 2.45) is 0 Å². The number of aromatic nitrogens is 2. The molecule has 0 saturated carbocycles. The van der Waals surface area contributed by atoms with Crippen molar-refractivity contribution < 1.29 is 14.6 Å². The fraction of sp³-hybridized carbons (Fsp3) is 0.545. The molecular formula is C11H15N3O5. The number of hydrogen-bond donors (Lipinski definition) is 2. The molecule has 1 unspecified atom stereocenters. The van der Waals surface area contributed by atoms with Gasteiger partial charge in [-0.3, -0.25) is 19.1 Å². The molecule has 1 aliphatic heterocycles. The molecule has 1 aromatic rings. The van der Waals surface area contributed by atoms with Gasteiger partial charge in [-0.15, -0.1) is 0 Å². The number of amides is 1. The van der Waals surface area contributed by atoms with Gasteiger partial charge in [-0.25, -0.2) is 4.79 Å². The molecule has 1 fully saturated rings. The van der Waals surface area contributed by atoms with Crippen LogP contribution < -0.4 is 11.2 Å². The molecule has 1 amide bonds. The topological polar surface area (TPSA) is 105 Å². The molecule has 2 heterocycles. The maximum atomic E-state index is 12.2. The summed E-state index contributed by atoms with van der Waals surface area (Å²) in [5.74, 6) is -0.824. The summed E-state index contributed by atoms with van der Waals surface area (Å²) in [4.78, 5) is 38.4. The second kappa shape index (κ2) is 5.27. The minimum absolute atomic E-state index is 0.298. The summed E-state index contributed by atoms with van der Waals surface area (Å²) >= 11 is 0. The van der Waals surface area contributed by atoms with Crippen LogP contribution in [0.3, 0.4) is 0 Å². The zero-order valence-electron chi connectivity index (χ0n) is 10.5. The Kier molecular flexibility index (Phi) is 3.70. The van der Waals surface area contributed by atoms with Crippen LogP contribution in [0, 0.1) is 0 Å². The van der Waals surface area contributed by atoms with Gasteiger partial charge in [-0.2, -0.15) is 0 Å². The molecule has 2 rings (SSSR count). The number of aromatic amines is 1. The van der Waals surface area contributed by atoms with E-state index >= 15 is 0 Å². The summed E-state index contributed by atoms with van der Waals surface area (Å²) in [6.45, 7) is 3.29. The summed E-state index contributed by atoms with van der Waals surface area (Å²) in [7, 11) is 0. The van der Waals surface area contributed by atoms with Crippen molar-refractivity contribution in [1.29, 1.82) is 0 Å². The number of H-pyrrole nitrogens is 1. The first kappa shape index (κ1) is 13.3. The Bertz CT molecular complexity index is 585. The fourth-order valence-corrected chi connectivity index (χ4v) is 2.03. The SMILES string of the molecule is CC(C(=O)N1CCOCC1)n1c(O)cc(=O)[nH]c1=O. The Labute approximate surface area is 108 Å². The van der Waals surface area contributed by atoms with Crippen LogP contribution in [0.25, 0.3) is 0 Å². The van der Waals surface area contributed by atoms with Gasteiger partial charge in [-0.1, -0.05) is 0 Å². The highest BCUT2D eigenvalue weighted by Gasteiger charge is 2.26. The zero-order valence-corrected chi connectivity index (χ0v) is 10.5. The lowest BCUT2D eigenvalue weighted by Crippen LogP contribution is -2.45. The molecule has 1 aromatic heterocycles. The van der Waals surface area contributed by atoms with E-state index < -0.39 is 23.2 Å². The van der Waals surface area contributed by atoms with Gasteiger partial charge >= 0.3 is 5.69 Å². The van der Waals surface area contributed by atoms with Crippen LogP contribution in [0.5, 0.6) is 5.88 Å². The van der Waals surface area contributed by atoms with Crippen LogP contribution in [0.1, 0.15) is 13.0 Å². The number of carbonyl (C=O) groups excluding carboxylic acids is 1. The zero-order chi connectivity index (χ0) is 14.0. The lowest BCUT2D eigenvalue weighted by Gasteiger charge is -2.29. The third-order valence-corrected chi connectivity index (χ3v) is 3.02. The smallest absolute Gasteiger partial charge is 0.331 e. The number of rotatable bonds is 2. The summed E-state index contributed by atoms with van der Waals surface area (Å²) in [5, 5.41) is 9.64. The van der Waals surface area contributed by atoms with Gasteiger partial charge in [0.15, 0.2) is 0 Å². The monoisotopic (exact) mass is 269 g/mol. The highest BCUT2D eigenvalue weighted by Crippen LogP contribution is 2.14. The molecule has 0 aromatic carbocycles. The van der Waals surface area contributed by atoms with E-state index in [1.165, 1.54) is 6.92 Å². The van der Waals surface area contributed by atoms with E-state index in [2.05, 4.69) is 0 Å². The number of hydrogen-bond acceptors (Lipinski definition) is 5. The number of carbonyl (C=O) groups is 1. The number of aromatic hydroxyl groups is 1. The Morgan fingerprint density at radius 2 is 2.05 bits per heavy atom. The molecule has 0 spiro atoms. The van der Waals surface area contributed by atoms with E-state index in [0.29, 0.717) is 26.3 Å². The normalized spacial score (nSPS) is 17.2. The van der Waals surface area contributed by atoms with Crippen molar-refractivity contribution in [1.82, 2.24) is 14.5 Å². The summed E-state index contributed by atoms with van der Waals surface area (Å²) in [6.07, 6.45) is 0. The number of morpholine rings is 1. The van der Waals surface area contributed by atoms with Crippen LogP contribution in [-0.4, -0.2) is 51.8 Å². The minimum Gasteiger partial charge on any atom is -0.494 e. The molecule has 104 valence electrons. The van der Waals surface area contributed by atoms with Gasteiger partial charge in [0.1, 0.15) is 6.04 Å². The summed E-state index contributed by atoms with van der Waals surface area (Å²) in [5.41, 5.74) is -1.51. The van der Waals surface area contributed by atoms with E-state index in [9.17, 15) is 19.5 Å². The van der Waals surface area contributed by atoms with Crippen molar-refractivity contribution in [3.8, 4) is 5.88 Å². The third kappa shape index (κ3) is 2.68. The molecule has 8 nitrogen and oxygen atoms in total. The van der Waals surface area contributed by atoms with E-state index in [1.54, 1.807) is 4.90 Å².